The summed E-state index contributed by atoms with van der Waals surface area (Å²) >= 11 is 1.59. The number of hydrogen-bond acceptors (Lipinski definition) is 6. The van der Waals surface area contributed by atoms with E-state index in [1.807, 2.05) is 24.3 Å². The second-order valence-corrected chi connectivity index (χ2v) is 6.54. The smallest absolute Gasteiger partial charge is 0.273 e. The molecule has 3 aromatic rings. The normalized spacial score (nSPS) is 11.0. The Balaban J connectivity index is 1.62. The molecule has 0 N–H and O–H groups in total. The minimum absolute atomic E-state index is 0.0245. The van der Waals surface area contributed by atoms with Gasteiger partial charge in [-0.25, -0.2) is 4.98 Å². The van der Waals surface area contributed by atoms with Crippen molar-refractivity contribution in [3.05, 3.63) is 58.6 Å². The van der Waals surface area contributed by atoms with Crippen LogP contribution in [0, 0.1) is 10.1 Å². The highest BCUT2D eigenvalue weighted by atomic mass is 32.2. The van der Waals surface area contributed by atoms with E-state index in [0.29, 0.717) is 24.7 Å². The molecule has 0 saturated carbocycles. The van der Waals surface area contributed by atoms with Gasteiger partial charge in [0.2, 0.25) is 0 Å². The number of rotatable bonds is 9. The van der Waals surface area contributed by atoms with E-state index >= 15 is 0 Å². The van der Waals surface area contributed by atoms with Gasteiger partial charge >= 0.3 is 0 Å². The van der Waals surface area contributed by atoms with E-state index in [0.717, 1.165) is 22.7 Å². The van der Waals surface area contributed by atoms with E-state index in [9.17, 15) is 10.1 Å². The maximum Gasteiger partial charge on any atom is 0.273 e. The van der Waals surface area contributed by atoms with Crippen LogP contribution in [-0.4, -0.2) is 40.6 Å². The van der Waals surface area contributed by atoms with Gasteiger partial charge in [-0.2, -0.15) is 0 Å². The van der Waals surface area contributed by atoms with Crippen LogP contribution in [0.5, 0.6) is 5.75 Å². The Bertz CT molecular complexity index is 897. The number of hydrogen-bond donors (Lipinski definition) is 0. The molecule has 0 bridgehead atoms. The summed E-state index contributed by atoms with van der Waals surface area (Å²) in [6.07, 6.45) is 0. The second kappa shape index (κ2) is 8.68. The highest BCUT2D eigenvalue weighted by Crippen LogP contribution is 2.24. The molecule has 0 saturated heterocycles. The number of nitrogens with zero attached hydrogens (tertiary/aromatic N) is 3. The number of methoxy groups -OCH3 is 1. The molecule has 1 aromatic heterocycles. The average Bonchev–Trinajstić information content (AvgIpc) is 3.01. The minimum atomic E-state index is -0.431. The first-order valence-corrected chi connectivity index (χ1v) is 9.12. The summed E-state index contributed by atoms with van der Waals surface area (Å²) < 4.78 is 13.0. The third kappa shape index (κ3) is 4.33. The largest absolute Gasteiger partial charge is 0.492 e. The van der Waals surface area contributed by atoms with Gasteiger partial charge in [0, 0.05) is 25.5 Å². The lowest BCUT2D eigenvalue weighted by Gasteiger charge is -2.09. The van der Waals surface area contributed by atoms with E-state index < -0.39 is 4.92 Å². The molecule has 0 aliphatic rings. The lowest BCUT2D eigenvalue weighted by molar-refractivity contribution is -0.384. The number of benzene rings is 2. The summed E-state index contributed by atoms with van der Waals surface area (Å²) in [4.78, 5) is 15.0. The molecule has 8 heteroatoms. The quantitative estimate of drug-likeness (QED) is 0.246. The van der Waals surface area contributed by atoms with Gasteiger partial charge in [-0.05, 0) is 18.2 Å². The Morgan fingerprint density at radius 1 is 1.19 bits per heavy atom. The van der Waals surface area contributed by atoms with Gasteiger partial charge in [-0.1, -0.05) is 30.0 Å². The number of ether oxygens (including phenoxy) is 2. The number of imidazole rings is 1. The van der Waals surface area contributed by atoms with Crippen LogP contribution in [0.25, 0.3) is 11.0 Å². The topological polar surface area (TPSA) is 79.4 Å². The third-order valence-electron chi connectivity index (χ3n) is 3.75. The van der Waals surface area contributed by atoms with Crippen LogP contribution < -0.4 is 4.74 Å². The molecule has 0 fully saturated rings. The Hall–Kier alpha value is -2.58. The van der Waals surface area contributed by atoms with Gasteiger partial charge in [0.05, 0.1) is 35.2 Å². The molecule has 2 aromatic carbocycles. The summed E-state index contributed by atoms with van der Waals surface area (Å²) in [5.74, 6) is 1.17. The highest BCUT2D eigenvalue weighted by Gasteiger charge is 2.11. The van der Waals surface area contributed by atoms with Crippen LogP contribution in [-0.2, 0) is 11.3 Å². The van der Waals surface area contributed by atoms with E-state index in [-0.39, 0.29) is 5.69 Å². The number of nitro groups is 1. The number of para-hydroxylation sites is 2. The summed E-state index contributed by atoms with van der Waals surface area (Å²) in [6, 6.07) is 14.2. The van der Waals surface area contributed by atoms with Gasteiger partial charge in [-0.3, -0.25) is 10.1 Å². The average molecular weight is 373 g/mol. The predicted molar refractivity (Wildman–Crippen MR) is 101 cm³/mol. The molecule has 1 heterocycles. The number of non-ortho nitro benzene ring substituents is 1. The first-order valence-electron chi connectivity index (χ1n) is 8.13. The van der Waals surface area contributed by atoms with Crippen LogP contribution in [0.4, 0.5) is 5.69 Å². The Morgan fingerprint density at radius 2 is 2.04 bits per heavy atom. The monoisotopic (exact) mass is 373 g/mol. The molecule has 0 radical (unpaired) electrons. The molecule has 0 atom stereocenters. The number of nitro benzene ring substituents is 1. The fourth-order valence-corrected chi connectivity index (χ4v) is 3.40. The molecular weight excluding hydrogens is 354 g/mol. The lowest BCUT2D eigenvalue weighted by Crippen LogP contribution is -2.07. The van der Waals surface area contributed by atoms with Crippen LogP contribution in [0.3, 0.4) is 0 Å². The molecule has 3 rings (SSSR count). The van der Waals surface area contributed by atoms with Crippen molar-refractivity contribution in [1.82, 2.24) is 9.55 Å². The summed E-state index contributed by atoms with van der Waals surface area (Å²) in [5, 5.41) is 11.7. The third-order valence-corrected chi connectivity index (χ3v) is 4.69. The zero-order valence-corrected chi connectivity index (χ0v) is 15.1. The molecular formula is C18H19N3O4S. The molecule has 0 amide bonds. The van der Waals surface area contributed by atoms with E-state index in [1.165, 1.54) is 12.1 Å². The summed E-state index contributed by atoms with van der Waals surface area (Å²) in [7, 11) is 1.68. The predicted octanol–water partition coefficient (Wildman–Crippen LogP) is 3.76. The fourth-order valence-electron chi connectivity index (χ4n) is 2.54. The van der Waals surface area contributed by atoms with Crippen molar-refractivity contribution >= 4 is 28.5 Å². The zero-order chi connectivity index (χ0) is 18.4. The number of fused-ring (bicyclic) bond motifs is 1. The first kappa shape index (κ1) is 18.2. The van der Waals surface area contributed by atoms with Crippen LogP contribution in [0.1, 0.15) is 0 Å². The van der Waals surface area contributed by atoms with Gasteiger partial charge in [0.25, 0.3) is 5.69 Å². The molecule has 26 heavy (non-hydrogen) atoms. The van der Waals surface area contributed by atoms with Crippen molar-refractivity contribution in [2.75, 3.05) is 26.1 Å². The van der Waals surface area contributed by atoms with Crippen molar-refractivity contribution in [2.45, 2.75) is 11.7 Å². The second-order valence-electron chi connectivity index (χ2n) is 5.48. The zero-order valence-electron chi connectivity index (χ0n) is 14.3. The molecule has 7 nitrogen and oxygen atoms in total. The maximum atomic E-state index is 10.8. The summed E-state index contributed by atoms with van der Waals surface area (Å²) in [6.45, 7) is 1.77. The standard InChI is InChI=1S/C18H19N3O4S/c1-24-10-9-20-17-8-3-2-7-16(17)19-18(20)26-12-11-25-15-6-4-5-14(13-15)21(22)23/h2-8,13H,9-12H2,1H3. The van der Waals surface area contributed by atoms with E-state index in [1.54, 1.807) is 31.0 Å². The van der Waals surface area contributed by atoms with Gasteiger partial charge in [0.1, 0.15) is 5.75 Å². The Labute approximate surface area is 155 Å². The molecule has 0 aliphatic carbocycles. The van der Waals surface area contributed by atoms with Crippen LogP contribution in [0.15, 0.2) is 53.7 Å². The van der Waals surface area contributed by atoms with Crippen molar-refractivity contribution in [1.29, 1.82) is 0 Å². The Kier molecular flexibility index (Phi) is 6.08. The van der Waals surface area contributed by atoms with Crippen molar-refractivity contribution in [3.63, 3.8) is 0 Å². The van der Waals surface area contributed by atoms with Gasteiger partial charge < -0.3 is 14.0 Å². The van der Waals surface area contributed by atoms with Gasteiger partial charge in [-0.15, -0.1) is 0 Å². The number of aromatic nitrogens is 2. The van der Waals surface area contributed by atoms with E-state index in [2.05, 4.69) is 9.55 Å². The lowest BCUT2D eigenvalue weighted by atomic mass is 10.3. The molecule has 0 spiro atoms. The highest BCUT2D eigenvalue weighted by molar-refractivity contribution is 7.99. The SMILES string of the molecule is COCCn1c(SCCOc2cccc([N+](=O)[O-])c2)nc2ccccc21. The molecule has 0 aliphatic heterocycles. The van der Waals surface area contributed by atoms with Crippen LogP contribution in [0.2, 0.25) is 0 Å². The van der Waals surface area contributed by atoms with Gasteiger partial charge in [0.15, 0.2) is 5.16 Å². The molecule has 136 valence electrons. The molecule has 0 unspecified atom stereocenters. The van der Waals surface area contributed by atoms with Crippen molar-refractivity contribution in [2.24, 2.45) is 0 Å². The van der Waals surface area contributed by atoms with E-state index in [4.69, 9.17) is 9.47 Å². The fraction of sp³-hybridized carbons (Fsp3) is 0.278. The van der Waals surface area contributed by atoms with Crippen molar-refractivity contribution in [3.8, 4) is 5.75 Å². The van der Waals surface area contributed by atoms with Crippen molar-refractivity contribution < 1.29 is 14.4 Å². The maximum absolute atomic E-state index is 10.8. The Morgan fingerprint density at radius 3 is 2.85 bits per heavy atom. The number of thioether (sulfide) groups is 1. The van der Waals surface area contributed by atoms with Crippen LogP contribution >= 0.6 is 11.8 Å². The minimum Gasteiger partial charge on any atom is -0.492 e. The summed E-state index contributed by atoms with van der Waals surface area (Å²) in [5.41, 5.74) is 2.05. The first-order chi connectivity index (χ1) is 12.7.